The summed E-state index contributed by atoms with van der Waals surface area (Å²) in [6, 6.07) is 6.27. The first-order valence-electron chi connectivity index (χ1n) is 8.77. The Morgan fingerprint density at radius 1 is 1.29 bits per heavy atom. The zero-order valence-electron chi connectivity index (χ0n) is 14.5. The predicted octanol–water partition coefficient (Wildman–Crippen LogP) is 3.64. The fourth-order valence-corrected chi connectivity index (χ4v) is 3.29. The first kappa shape index (κ1) is 17.0. The van der Waals surface area contributed by atoms with Crippen molar-refractivity contribution in [1.29, 1.82) is 0 Å². The van der Waals surface area contributed by atoms with E-state index in [1.54, 1.807) is 12.1 Å². The maximum Gasteiger partial charge on any atom is 0.123 e. The number of aromatic nitrogens is 2. The Morgan fingerprint density at radius 2 is 2.08 bits per heavy atom. The Bertz CT molecular complexity index is 653. The van der Waals surface area contributed by atoms with Crippen LogP contribution in [0.1, 0.15) is 31.0 Å². The lowest BCUT2D eigenvalue weighted by Gasteiger charge is -2.32. The van der Waals surface area contributed by atoms with Gasteiger partial charge in [0.25, 0.3) is 0 Å². The van der Waals surface area contributed by atoms with Crippen molar-refractivity contribution in [2.45, 2.75) is 39.8 Å². The molecule has 1 aromatic carbocycles. The van der Waals surface area contributed by atoms with Gasteiger partial charge in [-0.05, 0) is 57.5 Å². The van der Waals surface area contributed by atoms with Gasteiger partial charge in [-0.2, -0.15) is 5.10 Å². The van der Waals surface area contributed by atoms with E-state index in [0.29, 0.717) is 12.5 Å². The minimum Gasteiger partial charge on any atom is -0.493 e. The van der Waals surface area contributed by atoms with Gasteiger partial charge >= 0.3 is 0 Å². The number of likely N-dealkylation sites (tertiary alicyclic amines) is 1. The lowest BCUT2D eigenvalue weighted by molar-refractivity contribution is 0.125. The van der Waals surface area contributed by atoms with Gasteiger partial charge in [0.1, 0.15) is 11.6 Å². The highest BCUT2D eigenvalue weighted by Crippen LogP contribution is 2.21. The van der Waals surface area contributed by atoms with Crippen LogP contribution < -0.4 is 4.74 Å². The van der Waals surface area contributed by atoms with Gasteiger partial charge in [-0.15, -0.1) is 0 Å². The van der Waals surface area contributed by atoms with Gasteiger partial charge in [0.05, 0.1) is 12.3 Å². The second-order valence-electron chi connectivity index (χ2n) is 6.60. The third-order valence-corrected chi connectivity index (χ3v) is 4.67. The highest BCUT2D eigenvalue weighted by Gasteiger charge is 2.21. The van der Waals surface area contributed by atoms with Crippen LogP contribution in [0.2, 0.25) is 0 Å². The first-order chi connectivity index (χ1) is 11.6. The Labute approximate surface area is 143 Å². The molecule has 0 radical (unpaired) electrons. The Hall–Kier alpha value is -1.88. The second kappa shape index (κ2) is 7.79. The molecule has 1 fully saturated rings. The number of halogens is 1. The monoisotopic (exact) mass is 331 g/mol. The van der Waals surface area contributed by atoms with Crippen LogP contribution in [0.15, 0.2) is 30.5 Å². The largest absolute Gasteiger partial charge is 0.493 e. The zero-order chi connectivity index (χ0) is 16.9. The van der Waals surface area contributed by atoms with E-state index in [1.807, 2.05) is 4.68 Å². The molecule has 1 aliphatic rings. The van der Waals surface area contributed by atoms with E-state index < -0.39 is 0 Å². The minimum atomic E-state index is -0.228. The molecule has 0 saturated carbocycles. The third-order valence-electron chi connectivity index (χ3n) is 4.67. The summed E-state index contributed by atoms with van der Waals surface area (Å²) in [6.45, 7) is 8.92. The van der Waals surface area contributed by atoms with Crippen LogP contribution in [0.25, 0.3) is 0 Å². The van der Waals surface area contributed by atoms with Crippen LogP contribution in [0, 0.1) is 18.7 Å². The normalized spacial score (nSPS) is 18.7. The molecule has 1 aromatic heterocycles. The number of aryl methyl sites for hydroxylation is 2. The third kappa shape index (κ3) is 4.35. The summed E-state index contributed by atoms with van der Waals surface area (Å²) in [4.78, 5) is 2.49. The molecule has 3 rings (SSSR count). The summed E-state index contributed by atoms with van der Waals surface area (Å²) in [5.41, 5.74) is 2.44. The Kier molecular flexibility index (Phi) is 5.51. The van der Waals surface area contributed by atoms with Crippen molar-refractivity contribution >= 4 is 0 Å². The van der Waals surface area contributed by atoms with Crippen LogP contribution in [0.5, 0.6) is 5.75 Å². The SMILES string of the molecule is CCn1cc(CN2CCCC(COc3ccc(F)cc3)C2)c(C)n1. The van der Waals surface area contributed by atoms with Crippen molar-refractivity contribution in [3.8, 4) is 5.75 Å². The molecule has 0 amide bonds. The lowest BCUT2D eigenvalue weighted by atomic mass is 9.98. The molecular formula is C19H26FN3O. The molecule has 0 N–H and O–H groups in total. The molecule has 1 aliphatic heterocycles. The van der Waals surface area contributed by atoms with Gasteiger partial charge in [0.15, 0.2) is 0 Å². The summed E-state index contributed by atoms with van der Waals surface area (Å²) in [5.74, 6) is 1.04. The topological polar surface area (TPSA) is 30.3 Å². The smallest absolute Gasteiger partial charge is 0.123 e. The molecule has 0 spiro atoms. The van der Waals surface area contributed by atoms with Gasteiger partial charge in [-0.3, -0.25) is 9.58 Å². The van der Waals surface area contributed by atoms with Gasteiger partial charge in [-0.25, -0.2) is 4.39 Å². The average Bonchev–Trinajstić information content (AvgIpc) is 2.95. The summed E-state index contributed by atoms with van der Waals surface area (Å²) >= 11 is 0. The zero-order valence-corrected chi connectivity index (χ0v) is 14.5. The van der Waals surface area contributed by atoms with Crippen molar-refractivity contribution in [2.75, 3.05) is 19.7 Å². The molecule has 5 heteroatoms. The molecule has 1 atom stereocenters. The van der Waals surface area contributed by atoms with Crippen LogP contribution in [0.3, 0.4) is 0 Å². The van der Waals surface area contributed by atoms with Gasteiger partial charge in [0.2, 0.25) is 0 Å². The van der Waals surface area contributed by atoms with Crippen LogP contribution in [-0.2, 0) is 13.1 Å². The van der Waals surface area contributed by atoms with Crippen molar-refractivity contribution < 1.29 is 9.13 Å². The molecule has 1 unspecified atom stereocenters. The molecule has 0 bridgehead atoms. The lowest BCUT2D eigenvalue weighted by Crippen LogP contribution is -2.37. The Balaban J connectivity index is 1.52. The number of ether oxygens (including phenoxy) is 1. The van der Waals surface area contributed by atoms with E-state index in [-0.39, 0.29) is 5.82 Å². The number of hydrogen-bond acceptors (Lipinski definition) is 3. The van der Waals surface area contributed by atoms with Gasteiger partial charge < -0.3 is 4.74 Å². The maximum absolute atomic E-state index is 12.9. The van der Waals surface area contributed by atoms with Gasteiger partial charge in [-0.1, -0.05) is 0 Å². The number of benzene rings is 1. The highest BCUT2D eigenvalue weighted by atomic mass is 19.1. The van der Waals surface area contributed by atoms with E-state index in [4.69, 9.17) is 4.74 Å². The fourth-order valence-electron chi connectivity index (χ4n) is 3.29. The summed E-state index contributed by atoms with van der Waals surface area (Å²) in [6.07, 6.45) is 4.54. The number of nitrogens with zero attached hydrogens (tertiary/aromatic N) is 3. The molecule has 2 heterocycles. The van der Waals surface area contributed by atoms with E-state index in [0.717, 1.165) is 37.6 Å². The molecule has 130 valence electrons. The van der Waals surface area contributed by atoms with Crippen LogP contribution >= 0.6 is 0 Å². The standard InChI is InChI=1S/C19H26FN3O/c1-3-23-13-17(15(2)21-23)12-22-10-4-5-16(11-22)14-24-19-8-6-18(20)7-9-19/h6-9,13,16H,3-5,10-12,14H2,1-2H3. The molecule has 2 aromatic rings. The fraction of sp³-hybridized carbons (Fsp3) is 0.526. The predicted molar refractivity (Wildman–Crippen MR) is 92.5 cm³/mol. The van der Waals surface area contributed by atoms with E-state index >= 15 is 0 Å². The van der Waals surface area contributed by atoms with Crippen molar-refractivity contribution in [3.63, 3.8) is 0 Å². The summed E-state index contributed by atoms with van der Waals surface area (Å²) in [7, 11) is 0. The van der Waals surface area contributed by atoms with Crippen molar-refractivity contribution in [3.05, 3.63) is 47.5 Å². The van der Waals surface area contributed by atoms with Crippen molar-refractivity contribution in [2.24, 2.45) is 5.92 Å². The minimum absolute atomic E-state index is 0.228. The molecule has 4 nitrogen and oxygen atoms in total. The van der Waals surface area contributed by atoms with E-state index in [9.17, 15) is 4.39 Å². The second-order valence-corrected chi connectivity index (χ2v) is 6.60. The molecular weight excluding hydrogens is 305 g/mol. The first-order valence-corrected chi connectivity index (χ1v) is 8.77. The highest BCUT2D eigenvalue weighted by molar-refractivity contribution is 5.22. The summed E-state index contributed by atoms with van der Waals surface area (Å²) in [5, 5.41) is 4.53. The Morgan fingerprint density at radius 3 is 2.79 bits per heavy atom. The maximum atomic E-state index is 12.9. The summed E-state index contributed by atoms with van der Waals surface area (Å²) < 4.78 is 20.8. The molecule has 1 saturated heterocycles. The number of piperidine rings is 1. The van der Waals surface area contributed by atoms with Crippen molar-refractivity contribution in [1.82, 2.24) is 14.7 Å². The number of rotatable bonds is 6. The van der Waals surface area contributed by atoms with Crippen LogP contribution in [-0.4, -0.2) is 34.4 Å². The number of hydrogen-bond donors (Lipinski definition) is 0. The van der Waals surface area contributed by atoms with E-state index in [1.165, 1.54) is 30.5 Å². The van der Waals surface area contributed by atoms with Crippen LogP contribution in [0.4, 0.5) is 4.39 Å². The average molecular weight is 331 g/mol. The van der Waals surface area contributed by atoms with E-state index in [2.05, 4.69) is 30.0 Å². The van der Waals surface area contributed by atoms with Gasteiger partial charge in [0, 0.05) is 37.3 Å². The quantitative estimate of drug-likeness (QED) is 0.809. The molecule has 0 aliphatic carbocycles. The molecule has 24 heavy (non-hydrogen) atoms.